The Morgan fingerprint density at radius 1 is 1.34 bits per heavy atom. The van der Waals surface area contributed by atoms with E-state index in [1.807, 2.05) is 0 Å². The molecule has 0 spiro atoms. The van der Waals surface area contributed by atoms with Crippen molar-refractivity contribution in [3.05, 3.63) is 41.8 Å². The molecule has 1 saturated carbocycles. The summed E-state index contributed by atoms with van der Waals surface area (Å²) in [4.78, 5) is 23.3. The molecule has 1 unspecified atom stereocenters. The Balaban J connectivity index is 1.81. The zero-order valence-corrected chi connectivity index (χ0v) is 15.8. The summed E-state index contributed by atoms with van der Waals surface area (Å²) >= 11 is 0. The van der Waals surface area contributed by atoms with Gasteiger partial charge in [0.15, 0.2) is 5.82 Å². The summed E-state index contributed by atoms with van der Waals surface area (Å²) in [7, 11) is 1.47. The number of carbonyl (C=O) groups is 2. The van der Waals surface area contributed by atoms with Crippen LogP contribution in [0.5, 0.6) is 0 Å². The highest BCUT2D eigenvalue weighted by Gasteiger charge is 2.35. The van der Waals surface area contributed by atoms with Crippen molar-refractivity contribution in [2.75, 3.05) is 12.4 Å². The van der Waals surface area contributed by atoms with Crippen LogP contribution in [-0.2, 0) is 4.74 Å². The number of primary amides is 1. The summed E-state index contributed by atoms with van der Waals surface area (Å²) in [6.07, 6.45) is 2.06. The van der Waals surface area contributed by atoms with Gasteiger partial charge in [-0.1, -0.05) is 0 Å². The topological polar surface area (TPSA) is 135 Å². The Morgan fingerprint density at radius 2 is 2.07 bits per heavy atom. The molecule has 2 amide bonds. The lowest BCUT2D eigenvalue weighted by Gasteiger charge is -2.32. The van der Waals surface area contributed by atoms with Crippen molar-refractivity contribution in [2.45, 2.75) is 31.4 Å². The molecule has 152 valence electrons. The zero-order chi connectivity index (χ0) is 21.0. The smallest absolute Gasteiger partial charge is 0.407 e. The molecule has 0 saturated heterocycles. The molecule has 1 heterocycles. The van der Waals surface area contributed by atoms with E-state index in [2.05, 4.69) is 21.8 Å². The molecule has 3 rings (SSSR count). The van der Waals surface area contributed by atoms with Crippen LogP contribution in [0.1, 0.15) is 35.7 Å². The fourth-order valence-electron chi connectivity index (χ4n) is 3.39. The van der Waals surface area contributed by atoms with Crippen molar-refractivity contribution >= 4 is 23.5 Å². The predicted octanol–water partition coefficient (Wildman–Crippen LogP) is 2.45. The number of nitrogens with two attached hydrogens (primary N) is 1. The average Bonchev–Trinajstić information content (AvgIpc) is 3.13. The second-order valence-electron chi connectivity index (χ2n) is 6.76. The van der Waals surface area contributed by atoms with Crippen LogP contribution in [0, 0.1) is 23.1 Å². The minimum atomic E-state index is -0.675. The number of rotatable bonds is 5. The molecular weight excluding hydrogens is 379 g/mol. The Morgan fingerprint density at radius 3 is 2.69 bits per heavy atom. The van der Waals surface area contributed by atoms with E-state index in [4.69, 9.17) is 10.5 Å². The van der Waals surface area contributed by atoms with Crippen LogP contribution in [0.2, 0.25) is 0 Å². The number of amides is 2. The van der Waals surface area contributed by atoms with Crippen LogP contribution in [0.4, 0.5) is 20.7 Å². The molecular formula is C19H21FN6O3. The summed E-state index contributed by atoms with van der Waals surface area (Å²) in [5.74, 6) is -1.29. The maximum atomic E-state index is 13.1. The second kappa shape index (κ2) is 8.60. The molecule has 0 bridgehead atoms. The molecule has 0 radical (unpaired) electrons. The minimum Gasteiger partial charge on any atom is -0.446 e. The van der Waals surface area contributed by atoms with Gasteiger partial charge in [-0.25, -0.2) is 9.18 Å². The van der Waals surface area contributed by atoms with Crippen molar-refractivity contribution in [3.8, 4) is 6.07 Å². The van der Waals surface area contributed by atoms with Gasteiger partial charge in [-0.2, -0.15) is 10.4 Å². The number of hydrogen-bond acceptors (Lipinski definition) is 6. The van der Waals surface area contributed by atoms with E-state index in [1.165, 1.54) is 37.5 Å². The number of carbonyl (C=O) groups excluding carboxylic acids is 2. The van der Waals surface area contributed by atoms with E-state index in [0.717, 1.165) is 0 Å². The second-order valence-corrected chi connectivity index (χ2v) is 6.76. The van der Waals surface area contributed by atoms with Crippen molar-refractivity contribution in [3.63, 3.8) is 0 Å². The van der Waals surface area contributed by atoms with Crippen LogP contribution < -0.4 is 16.4 Å². The third-order valence-electron chi connectivity index (χ3n) is 4.85. The van der Waals surface area contributed by atoms with E-state index < -0.39 is 17.9 Å². The molecule has 9 nitrogen and oxygen atoms in total. The minimum absolute atomic E-state index is 0.162. The average molecular weight is 400 g/mol. The van der Waals surface area contributed by atoms with Gasteiger partial charge in [-0.15, -0.1) is 0 Å². The van der Waals surface area contributed by atoms with E-state index in [0.29, 0.717) is 24.9 Å². The number of aromatic nitrogens is 2. The third kappa shape index (κ3) is 4.63. The van der Waals surface area contributed by atoms with Crippen LogP contribution >= 0.6 is 0 Å². The molecule has 10 heteroatoms. The van der Waals surface area contributed by atoms with Crippen molar-refractivity contribution in [1.82, 2.24) is 15.1 Å². The first-order chi connectivity index (χ1) is 13.9. The van der Waals surface area contributed by atoms with Gasteiger partial charge in [0.25, 0.3) is 5.91 Å². The number of alkyl carbamates (subject to hydrolysis) is 1. The SMILES string of the molecule is CNC(=O)O[C@H]1CCC(n2cc(C(N)=O)c(Nc3ccc(F)cc3)n2)[C@@H](C#N)C1. The first-order valence-corrected chi connectivity index (χ1v) is 9.10. The molecule has 29 heavy (non-hydrogen) atoms. The molecule has 1 aliphatic carbocycles. The fraction of sp³-hybridized carbons (Fsp3) is 0.368. The van der Waals surface area contributed by atoms with E-state index in [1.54, 1.807) is 4.68 Å². The van der Waals surface area contributed by atoms with Gasteiger partial charge >= 0.3 is 6.09 Å². The molecule has 1 aromatic carbocycles. The largest absolute Gasteiger partial charge is 0.446 e. The Bertz CT molecular complexity index is 936. The fourth-order valence-corrected chi connectivity index (χ4v) is 3.39. The molecule has 1 aromatic heterocycles. The Hall–Kier alpha value is -3.61. The van der Waals surface area contributed by atoms with Gasteiger partial charge in [0.05, 0.1) is 18.0 Å². The summed E-state index contributed by atoms with van der Waals surface area (Å²) in [5, 5.41) is 19.4. The quantitative estimate of drug-likeness (QED) is 0.705. The molecule has 4 N–H and O–H groups in total. The van der Waals surface area contributed by atoms with E-state index in [9.17, 15) is 19.2 Å². The Kier molecular flexibility index (Phi) is 5.97. The highest BCUT2D eigenvalue weighted by molar-refractivity contribution is 5.98. The summed E-state index contributed by atoms with van der Waals surface area (Å²) in [6, 6.07) is 7.52. The standard InChI is InChI=1S/C19H21FN6O3/c1-23-19(28)29-14-6-7-16(11(8-14)9-21)26-10-15(17(22)27)18(25-26)24-13-4-2-12(20)3-5-13/h2-5,10-11,14,16H,6-8H2,1H3,(H2,22,27)(H,23,28)(H,24,25)/t11-,14+,16?/m1/s1. The van der Waals surface area contributed by atoms with Gasteiger partial charge in [-0.3, -0.25) is 9.48 Å². The molecule has 2 aromatic rings. The van der Waals surface area contributed by atoms with Crippen molar-refractivity contribution in [2.24, 2.45) is 11.7 Å². The van der Waals surface area contributed by atoms with Crippen LogP contribution in [0.25, 0.3) is 0 Å². The third-order valence-corrected chi connectivity index (χ3v) is 4.85. The molecule has 1 fully saturated rings. The number of ether oxygens (including phenoxy) is 1. The van der Waals surface area contributed by atoms with Crippen LogP contribution in [0.15, 0.2) is 30.5 Å². The zero-order valence-electron chi connectivity index (χ0n) is 15.8. The van der Waals surface area contributed by atoms with Gasteiger partial charge in [0, 0.05) is 25.4 Å². The molecule has 0 aliphatic heterocycles. The van der Waals surface area contributed by atoms with E-state index >= 15 is 0 Å². The monoisotopic (exact) mass is 400 g/mol. The van der Waals surface area contributed by atoms with Gasteiger partial charge in [-0.05, 0) is 37.1 Å². The lowest BCUT2D eigenvalue weighted by molar-refractivity contribution is 0.0528. The summed E-state index contributed by atoms with van der Waals surface area (Å²) < 4.78 is 19.9. The summed E-state index contributed by atoms with van der Waals surface area (Å²) in [5.41, 5.74) is 6.18. The number of hydrogen-bond donors (Lipinski definition) is 3. The first-order valence-electron chi connectivity index (χ1n) is 9.10. The van der Waals surface area contributed by atoms with Crippen molar-refractivity contribution < 1.29 is 18.7 Å². The predicted molar refractivity (Wildman–Crippen MR) is 102 cm³/mol. The number of nitrogens with one attached hydrogen (secondary N) is 2. The number of halogens is 1. The number of nitriles is 1. The Labute approximate surface area is 166 Å². The molecule has 3 atom stereocenters. The number of anilines is 2. The molecule has 1 aliphatic rings. The van der Waals surface area contributed by atoms with Gasteiger partial charge < -0.3 is 21.1 Å². The normalized spacial score (nSPS) is 21.1. The number of nitrogens with zero attached hydrogens (tertiary/aromatic N) is 3. The highest BCUT2D eigenvalue weighted by Crippen LogP contribution is 2.36. The summed E-state index contributed by atoms with van der Waals surface area (Å²) in [6.45, 7) is 0. The van der Waals surface area contributed by atoms with Gasteiger partial charge in [0.2, 0.25) is 0 Å². The highest BCUT2D eigenvalue weighted by atomic mass is 19.1. The first kappa shape index (κ1) is 20.1. The van der Waals surface area contributed by atoms with Crippen molar-refractivity contribution in [1.29, 1.82) is 5.26 Å². The lowest BCUT2D eigenvalue weighted by atomic mass is 9.83. The van der Waals surface area contributed by atoms with Crippen LogP contribution in [-0.4, -0.2) is 34.9 Å². The van der Waals surface area contributed by atoms with Gasteiger partial charge in [0.1, 0.15) is 17.5 Å². The maximum Gasteiger partial charge on any atom is 0.407 e. The van der Waals surface area contributed by atoms with Crippen LogP contribution in [0.3, 0.4) is 0 Å². The maximum absolute atomic E-state index is 13.1. The number of benzene rings is 1. The van der Waals surface area contributed by atoms with E-state index in [-0.39, 0.29) is 29.3 Å². The lowest BCUT2D eigenvalue weighted by Crippen LogP contribution is -2.34.